The van der Waals surface area contributed by atoms with Crippen molar-refractivity contribution in [2.45, 2.75) is 32.2 Å². The molecule has 0 spiro atoms. The highest BCUT2D eigenvalue weighted by Crippen LogP contribution is 2.34. The molecule has 0 saturated carbocycles. The minimum absolute atomic E-state index is 0.0384. The highest BCUT2D eigenvalue weighted by atomic mass is 16.2. The Labute approximate surface area is 154 Å². The van der Waals surface area contributed by atoms with Crippen LogP contribution in [0, 0.1) is 6.92 Å². The molecule has 1 heterocycles. The molecule has 1 atom stereocenters. The lowest BCUT2D eigenvalue weighted by Crippen LogP contribution is -2.52. The maximum atomic E-state index is 13.0. The average molecular weight is 348 g/mol. The van der Waals surface area contributed by atoms with Crippen LogP contribution in [0.3, 0.4) is 0 Å². The van der Waals surface area contributed by atoms with E-state index in [0.29, 0.717) is 19.6 Å². The Morgan fingerprint density at radius 1 is 1.08 bits per heavy atom. The van der Waals surface area contributed by atoms with E-state index in [0.717, 1.165) is 24.0 Å². The minimum atomic E-state index is -0.0809. The molecular formula is C22H24N2O2. The molecule has 0 unspecified atom stereocenters. The van der Waals surface area contributed by atoms with Crippen LogP contribution < -0.4 is 0 Å². The Kier molecular flexibility index (Phi) is 4.49. The Morgan fingerprint density at radius 2 is 1.85 bits per heavy atom. The maximum Gasteiger partial charge on any atom is 0.242 e. The first-order valence-corrected chi connectivity index (χ1v) is 9.32. The van der Waals surface area contributed by atoms with Crippen molar-refractivity contribution < 1.29 is 9.59 Å². The lowest BCUT2D eigenvalue weighted by Gasteiger charge is -2.35. The summed E-state index contributed by atoms with van der Waals surface area (Å²) in [5.74, 6) is 0.0670. The van der Waals surface area contributed by atoms with Gasteiger partial charge < -0.3 is 9.80 Å². The number of hydrogen-bond acceptors (Lipinski definition) is 2. The summed E-state index contributed by atoms with van der Waals surface area (Å²) in [6.45, 7) is 4.10. The van der Waals surface area contributed by atoms with Gasteiger partial charge in [-0.1, -0.05) is 54.1 Å². The Hall–Kier alpha value is -2.62. The van der Waals surface area contributed by atoms with Crippen LogP contribution in [0.1, 0.15) is 34.6 Å². The normalized spacial score (nSPS) is 19.6. The van der Waals surface area contributed by atoms with Gasteiger partial charge in [0.15, 0.2) is 0 Å². The fourth-order valence-electron chi connectivity index (χ4n) is 4.01. The number of amides is 2. The van der Waals surface area contributed by atoms with Crippen LogP contribution in [-0.2, 0) is 22.6 Å². The van der Waals surface area contributed by atoms with E-state index >= 15 is 0 Å². The fourth-order valence-corrected chi connectivity index (χ4v) is 4.01. The first-order chi connectivity index (χ1) is 12.6. The molecule has 0 radical (unpaired) electrons. The molecule has 2 amide bonds. The first kappa shape index (κ1) is 16.8. The van der Waals surface area contributed by atoms with Crippen molar-refractivity contribution in [3.05, 3.63) is 70.8 Å². The van der Waals surface area contributed by atoms with Crippen LogP contribution in [0.25, 0.3) is 0 Å². The van der Waals surface area contributed by atoms with Crippen LogP contribution >= 0.6 is 0 Å². The molecule has 0 N–H and O–H groups in total. The second-order valence-electron chi connectivity index (χ2n) is 7.35. The van der Waals surface area contributed by atoms with Gasteiger partial charge in [0.25, 0.3) is 0 Å². The van der Waals surface area contributed by atoms with Gasteiger partial charge in [0.2, 0.25) is 11.8 Å². The quantitative estimate of drug-likeness (QED) is 0.856. The van der Waals surface area contributed by atoms with E-state index < -0.39 is 0 Å². The van der Waals surface area contributed by atoms with Gasteiger partial charge in [-0.25, -0.2) is 0 Å². The van der Waals surface area contributed by atoms with Crippen LogP contribution in [0.15, 0.2) is 48.5 Å². The van der Waals surface area contributed by atoms with E-state index in [1.807, 2.05) is 17.0 Å². The summed E-state index contributed by atoms with van der Waals surface area (Å²) in [6.07, 6.45) is 1.81. The number of rotatable bonds is 3. The summed E-state index contributed by atoms with van der Waals surface area (Å²) in [4.78, 5) is 29.1. The van der Waals surface area contributed by atoms with Crippen molar-refractivity contribution in [1.29, 1.82) is 0 Å². The third-order valence-electron chi connectivity index (χ3n) is 5.56. The smallest absolute Gasteiger partial charge is 0.242 e. The number of nitrogens with zero attached hydrogens (tertiary/aromatic N) is 2. The summed E-state index contributed by atoms with van der Waals surface area (Å²) in [5.41, 5.74) is 4.77. The van der Waals surface area contributed by atoms with E-state index in [2.05, 4.69) is 43.3 Å². The van der Waals surface area contributed by atoms with Crippen LogP contribution in [0.4, 0.5) is 0 Å². The molecule has 1 aliphatic heterocycles. The highest BCUT2D eigenvalue weighted by Gasteiger charge is 2.34. The van der Waals surface area contributed by atoms with Crippen molar-refractivity contribution in [1.82, 2.24) is 9.80 Å². The van der Waals surface area contributed by atoms with Gasteiger partial charge in [-0.05, 0) is 36.5 Å². The highest BCUT2D eigenvalue weighted by molar-refractivity contribution is 5.90. The largest absolute Gasteiger partial charge is 0.335 e. The monoisotopic (exact) mass is 348 g/mol. The predicted octanol–water partition coefficient (Wildman–Crippen LogP) is 2.90. The topological polar surface area (TPSA) is 40.6 Å². The summed E-state index contributed by atoms with van der Waals surface area (Å²) in [5, 5.41) is 0. The molecule has 2 aromatic rings. The third-order valence-corrected chi connectivity index (χ3v) is 5.56. The Balaban J connectivity index is 1.40. The summed E-state index contributed by atoms with van der Waals surface area (Å²) in [6, 6.07) is 16.4. The maximum absolute atomic E-state index is 13.0. The van der Waals surface area contributed by atoms with E-state index in [4.69, 9.17) is 0 Å². The van der Waals surface area contributed by atoms with Gasteiger partial charge in [-0.2, -0.15) is 0 Å². The molecule has 2 aromatic carbocycles. The van der Waals surface area contributed by atoms with Crippen LogP contribution in [-0.4, -0.2) is 41.2 Å². The molecule has 4 rings (SSSR count). The summed E-state index contributed by atoms with van der Waals surface area (Å²) < 4.78 is 0. The Bertz CT molecular complexity index is 828. The second-order valence-corrected chi connectivity index (χ2v) is 7.35. The number of carbonyl (C=O) groups is 2. The first-order valence-electron chi connectivity index (χ1n) is 9.32. The molecule has 2 aliphatic rings. The zero-order chi connectivity index (χ0) is 18.1. The number of carbonyl (C=O) groups excluding carboxylic acids is 2. The van der Waals surface area contributed by atoms with Gasteiger partial charge in [-0.15, -0.1) is 0 Å². The Morgan fingerprint density at radius 3 is 2.62 bits per heavy atom. The second kappa shape index (κ2) is 6.94. The number of benzene rings is 2. The molecule has 26 heavy (non-hydrogen) atoms. The van der Waals surface area contributed by atoms with Crippen molar-refractivity contribution in [3.63, 3.8) is 0 Å². The third kappa shape index (κ3) is 3.24. The predicted molar refractivity (Wildman–Crippen MR) is 101 cm³/mol. The molecule has 4 heteroatoms. The molecule has 1 fully saturated rings. The minimum Gasteiger partial charge on any atom is -0.335 e. The lowest BCUT2D eigenvalue weighted by molar-refractivity contribution is -0.146. The zero-order valence-corrected chi connectivity index (χ0v) is 15.1. The van der Waals surface area contributed by atoms with Gasteiger partial charge in [-0.3, -0.25) is 9.59 Å². The molecule has 134 valence electrons. The fraction of sp³-hybridized carbons (Fsp3) is 0.364. The van der Waals surface area contributed by atoms with Gasteiger partial charge in [0, 0.05) is 19.6 Å². The zero-order valence-electron chi connectivity index (χ0n) is 15.1. The SMILES string of the molecule is Cc1ccc(CN2CCN(C(=O)[C@@H]3CCc4ccccc43)CC2=O)cc1. The van der Waals surface area contributed by atoms with E-state index in [9.17, 15) is 9.59 Å². The van der Waals surface area contributed by atoms with Crippen molar-refractivity contribution in [2.75, 3.05) is 19.6 Å². The number of fused-ring (bicyclic) bond motifs is 1. The summed E-state index contributed by atoms with van der Waals surface area (Å²) in [7, 11) is 0. The van der Waals surface area contributed by atoms with Crippen LogP contribution in [0.2, 0.25) is 0 Å². The van der Waals surface area contributed by atoms with Crippen LogP contribution in [0.5, 0.6) is 0 Å². The van der Waals surface area contributed by atoms with Gasteiger partial charge in [0.1, 0.15) is 0 Å². The number of aryl methyl sites for hydroxylation is 2. The average Bonchev–Trinajstić information content (AvgIpc) is 3.08. The molecule has 1 saturated heterocycles. The van der Waals surface area contributed by atoms with E-state index in [1.54, 1.807) is 4.90 Å². The van der Waals surface area contributed by atoms with Gasteiger partial charge in [0.05, 0.1) is 12.5 Å². The van der Waals surface area contributed by atoms with Gasteiger partial charge >= 0.3 is 0 Å². The molecular weight excluding hydrogens is 324 g/mol. The van der Waals surface area contributed by atoms with E-state index in [1.165, 1.54) is 11.1 Å². The molecule has 1 aliphatic carbocycles. The number of piperazine rings is 1. The van der Waals surface area contributed by atoms with Crippen molar-refractivity contribution in [2.24, 2.45) is 0 Å². The van der Waals surface area contributed by atoms with E-state index in [-0.39, 0.29) is 24.3 Å². The number of hydrogen-bond donors (Lipinski definition) is 0. The lowest BCUT2D eigenvalue weighted by atomic mass is 9.99. The standard InChI is InChI=1S/C22H24N2O2/c1-16-6-8-17(9-7-16)14-23-12-13-24(15-21(23)25)22(26)20-11-10-18-4-2-3-5-19(18)20/h2-9,20H,10-15H2,1H3/t20-/m1/s1. The molecule has 4 nitrogen and oxygen atoms in total. The molecule has 0 aromatic heterocycles. The molecule has 0 bridgehead atoms. The van der Waals surface area contributed by atoms with Crippen molar-refractivity contribution >= 4 is 11.8 Å². The summed E-state index contributed by atoms with van der Waals surface area (Å²) >= 11 is 0. The van der Waals surface area contributed by atoms with Crippen molar-refractivity contribution in [3.8, 4) is 0 Å².